The van der Waals surface area contributed by atoms with Crippen LogP contribution in [0, 0.1) is 18.3 Å². The summed E-state index contributed by atoms with van der Waals surface area (Å²) in [7, 11) is 0. The van der Waals surface area contributed by atoms with Gasteiger partial charge in [-0.1, -0.05) is 24.3 Å². The number of carbonyl (C=O) groups excluding carboxylic acids is 1. The maximum absolute atomic E-state index is 11.4. The lowest BCUT2D eigenvalue weighted by molar-refractivity contribution is 0.0534. The molecule has 0 bridgehead atoms. The number of benzene rings is 1. The van der Waals surface area contributed by atoms with Gasteiger partial charge in [0, 0.05) is 6.54 Å². The summed E-state index contributed by atoms with van der Waals surface area (Å²) in [6.07, 6.45) is 3.15. The maximum Gasteiger partial charge on any atom is 0.407 e. The van der Waals surface area contributed by atoms with Crippen molar-refractivity contribution in [3.05, 3.63) is 41.0 Å². The Morgan fingerprint density at radius 2 is 2.15 bits per heavy atom. The molecule has 0 saturated carbocycles. The van der Waals surface area contributed by atoms with Gasteiger partial charge in [0.15, 0.2) is 0 Å². The quantitative estimate of drug-likeness (QED) is 0.917. The first-order chi connectivity index (χ1) is 9.31. The van der Waals surface area contributed by atoms with Crippen LogP contribution in [0.15, 0.2) is 24.3 Å². The molecule has 4 heteroatoms. The van der Waals surface area contributed by atoms with Gasteiger partial charge in [-0.2, -0.15) is 5.26 Å². The van der Waals surface area contributed by atoms with Crippen molar-refractivity contribution in [2.45, 2.75) is 33.3 Å². The second kappa shape index (κ2) is 6.76. The van der Waals surface area contributed by atoms with E-state index in [1.807, 2.05) is 52.0 Å². The van der Waals surface area contributed by atoms with Crippen molar-refractivity contribution in [2.75, 3.05) is 6.54 Å². The van der Waals surface area contributed by atoms with E-state index in [0.29, 0.717) is 12.1 Å². The van der Waals surface area contributed by atoms with E-state index in [1.54, 1.807) is 6.08 Å². The van der Waals surface area contributed by atoms with Gasteiger partial charge in [0.05, 0.1) is 11.6 Å². The average molecular weight is 272 g/mol. The van der Waals surface area contributed by atoms with Crippen LogP contribution in [0.2, 0.25) is 0 Å². The number of amides is 1. The number of nitriles is 1. The van der Waals surface area contributed by atoms with Crippen molar-refractivity contribution < 1.29 is 9.53 Å². The van der Waals surface area contributed by atoms with Crippen molar-refractivity contribution in [3.8, 4) is 6.07 Å². The van der Waals surface area contributed by atoms with Crippen molar-refractivity contribution in [3.63, 3.8) is 0 Å². The summed E-state index contributed by atoms with van der Waals surface area (Å²) >= 11 is 0. The second-order valence-electron chi connectivity index (χ2n) is 5.49. The van der Waals surface area contributed by atoms with Crippen molar-refractivity contribution in [2.24, 2.45) is 0 Å². The summed E-state index contributed by atoms with van der Waals surface area (Å²) in [5.41, 5.74) is 2.01. The summed E-state index contributed by atoms with van der Waals surface area (Å²) in [6.45, 7) is 7.74. The first-order valence-electron chi connectivity index (χ1n) is 6.46. The molecule has 1 aromatic carbocycles. The molecular weight excluding hydrogens is 252 g/mol. The molecule has 1 N–H and O–H groups in total. The van der Waals surface area contributed by atoms with Gasteiger partial charge in [-0.15, -0.1) is 0 Å². The highest BCUT2D eigenvalue weighted by molar-refractivity contribution is 5.68. The molecule has 0 radical (unpaired) electrons. The zero-order valence-electron chi connectivity index (χ0n) is 12.4. The molecular formula is C16H20N2O2. The maximum atomic E-state index is 11.4. The third kappa shape index (κ3) is 5.57. The molecule has 0 saturated heterocycles. The zero-order valence-corrected chi connectivity index (χ0v) is 12.4. The Bertz CT molecular complexity index is 549. The Balaban J connectivity index is 2.54. The Labute approximate surface area is 120 Å². The number of nitrogens with one attached hydrogen (secondary N) is 1. The van der Waals surface area contributed by atoms with Crippen LogP contribution < -0.4 is 5.32 Å². The number of alkyl carbamates (subject to hydrolysis) is 1. The largest absolute Gasteiger partial charge is 0.444 e. The third-order valence-corrected chi connectivity index (χ3v) is 2.39. The van der Waals surface area contributed by atoms with Gasteiger partial charge in [0.25, 0.3) is 0 Å². The number of hydrogen-bond donors (Lipinski definition) is 1. The summed E-state index contributed by atoms with van der Waals surface area (Å²) < 4.78 is 5.11. The van der Waals surface area contributed by atoms with E-state index in [0.717, 1.165) is 11.1 Å². The van der Waals surface area contributed by atoms with Gasteiger partial charge >= 0.3 is 6.09 Å². The molecule has 0 aliphatic rings. The Morgan fingerprint density at radius 1 is 1.45 bits per heavy atom. The standard InChI is InChI=1S/C16H20N2O2/c1-12-7-8-13(14(10-12)11-17)6-5-9-18-15(19)20-16(2,3)4/h5-8,10H,9H2,1-4H3,(H,18,19). The number of carbonyl (C=O) groups is 1. The zero-order chi connectivity index (χ0) is 15.2. The van der Waals surface area contributed by atoms with E-state index in [4.69, 9.17) is 10.00 Å². The predicted molar refractivity (Wildman–Crippen MR) is 79.2 cm³/mol. The average Bonchev–Trinajstić information content (AvgIpc) is 2.33. The first kappa shape index (κ1) is 15.8. The van der Waals surface area contributed by atoms with Gasteiger partial charge < -0.3 is 10.1 Å². The number of nitrogens with zero attached hydrogens (tertiary/aromatic N) is 1. The Hall–Kier alpha value is -2.28. The minimum absolute atomic E-state index is 0.355. The van der Waals surface area contributed by atoms with E-state index in [-0.39, 0.29) is 0 Å². The molecule has 1 amide bonds. The van der Waals surface area contributed by atoms with E-state index in [2.05, 4.69) is 11.4 Å². The highest BCUT2D eigenvalue weighted by Gasteiger charge is 2.14. The molecule has 0 aromatic heterocycles. The number of hydrogen-bond acceptors (Lipinski definition) is 3. The van der Waals surface area contributed by atoms with Crippen molar-refractivity contribution in [1.29, 1.82) is 5.26 Å². The molecule has 4 nitrogen and oxygen atoms in total. The Kier molecular flexibility index (Phi) is 5.33. The van der Waals surface area contributed by atoms with Crippen LogP contribution in [0.1, 0.15) is 37.5 Å². The molecule has 0 heterocycles. The fourth-order valence-corrected chi connectivity index (χ4v) is 1.55. The normalized spacial score (nSPS) is 11.2. The lowest BCUT2D eigenvalue weighted by atomic mass is 10.1. The van der Waals surface area contributed by atoms with Gasteiger partial charge in [-0.25, -0.2) is 4.79 Å². The van der Waals surface area contributed by atoms with E-state index in [9.17, 15) is 4.79 Å². The minimum Gasteiger partial charge on any atom is -0.444 e. The monoisotopic (exact) mass is 272 g/mol. The van der Waals surface area contributed by atoms with Crippen LogP contribution in [-0.2, 0) is 4.74 Å². The molecule has 0 aliphatic heterocycles. The van der Waals surface area contributed by atoms with Gasteiger partial charge in [0.1, 0.15) is 5.60 Å². The highest BCUT2D eigenvalue weighted by Crippen LogP contribution is 2.12. The topological polar surface area (TPSA) is 62.1 Å². The van der Waals surface area contributed by atoms with E-state index >= 15 is 0 Å². The fourth-order valence-electron chi connectivity index (χ4n) is 1.55. The predicted octanol–water partition coefficient (Wildman–Crippen LogP) is 3.40. The second-order valence-corrected chi connectivity index (χ2v) is 5.49. The van der Waals surface area contributed by atoms with E-state index in [1.165, 1.54) is 0 Å². The van der Waals surface area contributed by atoms with Crippen LogP contribution >= 0.6 is 0 Å². The third-order valence-electron chi connectivity index (χ3n) is 2.39. The molecule has 0 unspecified atom stereocenters. The van der Waals surface area contributed by atoms with Crippen molar-refractivity contribution in [1.82, 2.24) is 5.32 Å². The molecule has 0 aliphatic carbocycles. The molecule has 1 aromatic rings. The lowest BCUT2D eigenvalue weighted by Crippen LogP contribution is -2.32. The Morgan fingerprint density at radius 3 is 2.75 bits per heavy atom. The van der Waals surface area contributed by atoms with E-state index < -0.39 is 11.7 Å². The van der Waals surface area contributed by atoms with Crippen molar-refractivity contribution >= 4 is 12.2 Å². The summed E-state index contributed by atoms with van der Waals surface area (Å²) in [5, 5.41) is 11.7. The number of ether oxygens (including phenoxy) is 1. The number of rotatable bonds is 3. The van der Waals surface area contributed by atoms with Gasteiger partial charge in [0.2, 0.25) is 0 Å². The lowest BCUT2D eigenvalue weighted by Gasteiger charge is -2.19. The molecule has 0 atom stereocenters. The van der Waals surface area contributed by atoms with Gasteiger partial charge in [-0.3, -0.25) is 0 Å². The minimum atomic E-state index is -0.501. The first-order valence-corrected chi connectivity index (χ1v) is 6.46. The smallest absolute Gasteiger partial charge is 0.407 e. The van der Waals surface area contributed by atoms with Gasteiger partial charge in [-0.05, 0) is 44.9 Å². The summed E-state index contributed by atoms with van der Waals surface area (Å²) in [5.74, 6) is 0. The SMILES string of the molecule is Cc1ccc(C=CCNC(=O)OC(C)(C)C)c(C#N)c1. The highest BCUT2D eigenvalue weighted by atomic mass is 16.6. The molecule has 20 heavy (non-hydrogen) atoms. The molecule has 1 rings (SSSR count). The van der Waals surface area contributed by atoms with Crippen LogP contribution in [0.25, 0.3) is 6.08 Å². The fraction of sp³-hybridized carbons (Fsp3) is 0.375. The van der Waals surface area contributed by atoms with Crippen LogP contribution in [0.3, 0.4) is 0 Å². The summed E-state index contributed by atoms with van der Waals surface area (Å²) in [6, 6.07) is 7.82. The molecule has 0 fully saturated rings. The molecule has 0 spiro atoms. The number of aryl methyl sites for hydroxylation is 1. The van der Waals surface area contributed by atoms with Crippen LogP contribution in [0.5, 0.6) is 0 Å². The van der Waals surface area contributed by atoms with Crippen LogP contribution in [0.4, 0.5) is 4.79 Å². The van der Waals surface area contributed by atoms with Crippen LogP contribution in [-0.4, -0.2) is 18.2 Å². The summed E-state index contributed by atoms with van der Waals surface area (Å²) in [4.78, 5) is 11.4. The molecule has 106 valence electrons.